The maximum atomic E-state index is 5.37. The second-order valence-electron chi connectivity index (χ2n) is 4.89. The van der Waals surface area contributed by atoms with Crippen LogP contribution in [0, 0.1) is 5.92 Å². The molecule has 14 heavy (non-hydrogen) atoms. The summed E-state index contributed by atoms with van der Waals surface area (Å²) in [5.74, 6) is 0.942. The first-order valence-corrected chi connectivity index (χ1v) is 6.20. The summed E-state index contributed by atoms with van der Waals surface area (Å²) in [4.78, 5) is 0. The average molecular weight is 197 g/mol. The molecule has 0 aromatic carbocycles. The summed E-state index contributed by atoms with van der Waals surface area (Å²) >= 11 is 0. The lowest BCUT2D eigenvalue weighted by molar-refractivity contribution is 0.0731. The van der Waals surface area contributed by atoms with E-state index in [2.05, 4.69) is 12.2 Å². The Morgan fingerprint density at radius 2 is 1.71 bits per heavy atom. The average Bonchev–Trinajstić information content (AvgIpc) is 2.72. The van der Waals surface area contributed by atoms with Crippen LogP contribution < -0.4 is 5.32 Å². The summed E-state index contributed by atoms with van der Waals surface area (Å²) in [5.41, 5.74) is 0. The van der Waals surface area contributed by atoms with Crippen molar-refractivity contribution in [3.63, 3.8) is 0 Å². The lowest BCUT2D eigenvalue weighted by Gasteiger charge is -2.29. The highest BCUT2D eigenvalue weighted by molar-refractivity contribution is 4.81. The molecule has 0 amide bonds. The zero-order valence-corrected chi connectivity index (χ0v) is 9.30. The fourth-order valence-electron chi connectivity index (χ4n) is 2.83. The molecule has 1 N–H and O–H groups in total. The van der Waals surface area contributed by atoms with Crippen LogP contribution in [-0.4, -0.2) is 25.3 Å². The quantitative estimate of drug-likeness (QED) is 0.750. The van der Waals surface area contributed by atoms with Crippen molar-refractivity contribution >= 4 is 0 Å². The van der Waals surface area contributed by atoms with Gasteiger partial charge in [-0.15, -0.1) is 0 Å². The van der Waals surface area contributed by atoms with E-state index >= 15 is 0 Å². The van der Waals surface area contributed by atoms with Gasteiger partial charge in [-0.05, 0) is 38.5 Å². The predicted octanol–water partition coefficient (Wildman–Crippen LogP) is 2.33. The minimum Gasteiger partial charge on any atom is -0.381 e. The van der Waals surface area contributed by atoms with E-state index in [4.69, 9.17) is 4.74 Å². The molecule has 1 saturated carbocycles. The van der Waals surface area contributed by atoms with Crippen molar-refractivity contribution < 1.29 is 4.74 Å². The van der Waals surface area contributed by atoms with Crippen molar-refractivity contribution in [1.82, 2.24) is 5.32 Å². The molecule has 0 aromatic heterocycles. The molecule has 1 aliphatic heterocycles. The summed E-state index contributed by atoms with van der Waals surface area (Å²) < 4.78 is 5.37. The first-order valence-electron chi connectivity index (χ1n) is 6.20. The predicted molar refractivity (Wildman–Crippen MR) is 58.4 cm³/mol. The third kappa shape index (κ3) is 2.71. The van der Waals surface area contributed by atoms with Crippen LogP contribution in [0.15, 0.2) is 0 Å². The van der Waals surface area contributed by atoms with Crippen molar-refractivity contribution in [2.45, 2.75) is 57.5 Å². The van der Waals surface area contributed by atoms with Gasteiger partial charge >= 0.3 is 0 Å². The Balaban J connectivity index is 1.72. The third-order valence-corrected chi connectivity index (χ3v) is 3.83. The van der Waals surface area contributed by atoms with Crippen LogP contribution in [0.25, 0.3) is 0 Å². The highest BCUT2D eigenvalue weighted by Crippen LogP contribution is 2.28. The number of ether oxygens (including phenoxy) is 1. The van der Waals surface area contributed by atoms with Gasteiger partial charge in [0.1, 0.15) is 0 Å². The van der Waals surface area contributed by atoms with Gasteiger partial charge in [0.25, 0.3) is 0 Å². The topological polar surface area (TPSA) is 21.3 Å². The fraction of sp³-hybridized carbons (Fsp3) is 1.00. The highest BCUT2D eigenvalue weighted by atomic mass is 16.5. The number of rotatable bonds is 3. The lowest BCUT2D eigenvalue weighted by Crippen LogP contribution is -2.43. The van der Waals surface area contributed by atoms with Gasteiger partial charge in [0.15, 0.2) is 0 Å². The first-order chi connectivity index (χ1) is 6.86. The SMILES string of the molecule is C[C@H](NC1CCOCC1)C1CCCC1. The van der Waals surface area contributed by atoms with Gasteiger partial charge in [0.05, 0.1) is 0 Å². The van der Waals surface area contributed by atoms with Crippen LogP contribution in [0.2, 0.25) is 0 Å². The second-order valence-corrected chi connectivity index (χ2v) is 4.89. The molecule has 1 aliphatic carbocycles. The van der Waals surface area contributed by atoms with Crippen LogP contribution in [0.3, 0.4) is 0 Å². The van der Waals surface area contributed by atoms with Crippen LogP contribution in [-0.2, 0) is 4.74 Å². The van der Waals surface area contributed by atoms with Gasteiger partial charge in [-0.3, -0.25) is 0 Å². The first kappa shape index (κ1) is 10.4. The molecule has 0 aromatic rings. The van der Waals surface area contributed by atoms with E-state index in [9.17, 15) is 0 Å². The van der Waals surface area contributed by atoms with Crippen molar-refractivity contribution in [2.75, 3.05) is 13.2 Å². The van der Waals surface area contributed by atoms with Gasteiger partial charge in [0.2, 0.25) is 0 Å². The zero-order valence-electron chi connectivity index (χ0n) is 9.30. The molecule has 1 heterocycles. The maximum absolute atomic E-state index is 5.37. The van der Waals surface area contributed by atoms with E-state index in [0.29, 0.717) is 0 Å². The molecule has 2 rings (SSSR count). The lowest BCUT2D eigenvalue weighted by atomic mass is 9.97. The summed E-state index contributed by atoms with van der Waals surface area (Å²) in [5, 5.41) is 3.78. The Labute approximate surface area is 87.4 Å². The highest BCUT2D eigenvalue weighted by Gasteiger charge is 2.24. The Hall–Kier alpha value is -0.0800. The van der Waals surface area contributed by atoms with Gasteiger partial charge in [-0.25, -0.2) is 0 Å². The fourth-order valence-corrected chi connectivity index (χ4v) is 2.83. The van der Waals surface area contributed by atoms with Gasteiger partial charge < -0.3 is 10.1 Å². The minimum atomic E-state index is 0.722. The van der Waals surface area contributed by atoms with Crippen LogP contribution in [0.4, 0.5) is 0 Å². The van der Waals surface area contributed by atoms with Gasteiger partial charge in [0, 0.05) is 25.3 Å². The van der Waals surface area contributed by atoms with Crippen molar-refractivity contribution in [3.05, 3.63) is 0 Å². The van der Waals surface area contributed by atoms with Gasteiger partial charge in [-0.1, -0.05) is 12.8 Å². The molecule has 2 aliphatic rings. The largest absolute Gasteiger partial charge is 0.381 e. The Kier molecular flexibility index (Phi) is 3.82. The monoisotopic (exact) mass is 197 g/mol. The maximum Gasteiger partial charge on any atom is 0.0480 e. The molecule has 82 valence electrons. The Bertz CT molecular complexity index is 160. The molecular weight excluding hydrogens is 174 g/mol. The molecule has 0 radical (unpaired) electrons. The number of nitrogens with one attached hydrogen (secondary N) is 1. The molecular formula is C12H23NO. The molecule has 0 bridgehead atoms. The molecule has 0 unspecified atom stereocenters. The molecule has 2 nitrogen and oxygen atoms in total. The Morgan fingerprint density at radius 3 is 2.36 bits per heavy atom. The minimum absolute atomic E-state index is 0.722. The van der Waals surface area contributed by atoms with E-state index in [1.54, 1.807) is 0 Å². The summed E-state index contributed by atoms with van der Waals surface area (Å²) in [6.07, 6.45) is 8.19. The van der Waals surface area contributed by atoms with Crippen LogP contribution in [0.5, 0.6) is 0 Å². The van der Waals surface area contributed by atoms with Crippen molar-refractivity contribution in [2.24, 2.45) is 5.92 Å². The van der Waals surface area contributed by atoms with E-state index in [1.807, 2.05) is 0 Å². The van der Waals surface area contributed by atoms with E-state index in [-0.39, 0.29) is 0 Å². The summed E-state index contributed by atoms with van der Waals surface area (Å²) in [7, 11) is 0. The molecule has 1 atom stereocenters. The summed E-state index contributed by atoms with van der Waals surface area (Å²) in [6, 6.07) is 1.44. The van der Waals surface area contributed by atoms with E-state index < -0.39 is 0 Å². The van der Waals surface area contributed by atoms with Crippen LogP contribution in [0.1, 0.15) is 45.4 Å². The third-order valence-electron chi connectivity index (χ3n) is 3.83. The molecule has 2 heteroatoms. The zero-order chi connectivity index (χ0) is 9.80. The number of hydrogen-bond donors (Lipinski definition) is 1. The van der Waals surface area contributed by atoms with Crippen LogP contribution >= 0.6 is 0 Å². The standard InChI is InChI=1S/C12H23NO/c1-10(11-4-2-3-5-11)13-12-6-8-14-9-7-12/h10-13H,2-9H2,1H3/t10-/m0/s1. The second kappa shape index (κ2) is 5.13. The molecule has 0 spiro atoms. The van der Waals surface area contributed by atoms with E-state index in [0.717, 1.165) is 31.2 Å². The molecule has 2 fully saturated rings. The number of hydrogen-bond acceptors (Lipinski definition) is 2. The van der Waals surface area contributed by atoms with E-state index in [1.165, 1.54) is 38.5 Å². The van der Waals surface area contributed by atoms with Gasteiger partial charge in [-0.2, -0.15) is 0 Å². The molecule has 1 saturated heterocycles. The normalized spacial score (nSPS) is 28.1. The van der Waals surface area contributed by atoms with Crippen molar-refractivity contribution in [3.8, 4) is 0 Å². The summed E-state index contributed by atoms with van der Waals surface area (Å²) in [6.45, 7) is 4.27. The smallest absolute Gasteiger partial charge is 0.0480 e. The van der Waals surface area contributed by atoms with Crippen molar-refractivity contribution in [1.29, 1.82) is 0 Å². The Morgan fingerprint density at radius 1 is 1.07 bits per heavy atom.